The largest absolute Gasteiger partial charge is 0.239 e. The van der Waals surface area contributed by atoms with Gasteiger partial charge in [0.25, 0.3) is 0 Å². The third-order valence-electron chi connectivity index (χ3n) is 3.40. The quantitative estimate of drug-likeness (QED) is 0.516. The van der Waals surface area contributed by atoms with E-state index in [1.807, 2.05) is 0 Å². The minimum absolute atomic E-state index is 0.375. The SMILES string of the molecule is CCCCSN1C(C)(C)CCCC1(C)C. The van der Waals surface area contributed by atoms with E-state index in [1.165, 1.54) is 37.9 Å². The molecule has 1 fully saturated rings. The summed E-state index contributed by atoms with van der Waals surface area (Å²) < 4.78 is 2.67. The van der Waals surface area contributed by atoms with Crippen LogP contribution in [0.15, 0.2) is 0 Å². The number of hydrogen-bond acceptors (Lipinski definition) is 2. The molecule has 0 aromatic rings. The topological polar surface area (TPSA) is 3.24 Å². The molecule has 0 aromatic heterocycles. The van der Waals surface area contributed by atoms with Crippen LogP contribution >= 0.6 is 11.9 Å². The summed E-state index contributed by atoms with van der Waals surface area (Å²) in [6.45, 7) is 11.9. The lowest BCUT2D eigenvalue weighted by atomic mass is 9.83. The van der Waals surface area contributed by atoms with Gasteiger partial charge in [-0.3, -0.25) is 0 Å². The van der Waals surface area contributed by atoms with Crippen molar-refractivity contribution in [3.63, 3.8) is 0 Å². The van der Waals surface area contributed by atoms with Crippen molar-refractivity contribution in [1.82, 2.24) is 4.31 Å². The van der Waals surface area contributed by atoms with Gasteiger partial charge >= 0.3 is 0 Å². The molecule has 1 nitrogen and oxygen atoms in total. The molecule has 90 valence electrons. The molecule has 0 spiro atoms. The van der Waals surface area contributed by atoms with Gasteiger partial charge in [-0.15, -0.1) is 0 Å². The third-order valence-corrected chi connectivity index (χ3v) is 5.11. The molecule has 0 atom stereocenters. The fourth-order valence-corrected chi connectivity index (χ4v) is 4.11. The van der Waals surface area contributed by atoms with E-state index < -0.39 is 0 Å². The van der Waals surface area contributed by atoms with E-state index >= 15 is 0 Å². The Morgan fingerprint density at radius 1 is 1.07 bits per heavy atom. The predicted molar refractivity (Wildman–Crippen MR) is 71.2 cm³/mol. The molecule has 0 amide bonds. The van der Waals surface area contributed by atoms with E-state index in [4.69, 9.17) is 0 Å². The first kappa shape index (κ1) is 13.4. The van der Waals surface area contributed by atoms with Gasteiger partial charge in [-0.1, -0.05) is 25.3 Å². The second kappa shape index (κ2) is 5.09. The Hall–Kier alpha value is 0.310. The summed E-state index contributed by atoms with van der Waals surface area (Å²) in [6, 6.07) is 0. The highest BCUT2D eigenvalue weighted by molar-refractivity contribution is 7.97. The highest BCUT2D eigenvalue weighted by Crippen LogP contribution is 2.43. The van der Waals surface area contributed by atoms with Crippen molar-refractivity contribution in [2.24, 2.45) is 0 Å². The van der Waals surface area contributed by atoms with Gasteiger partial charge in [0, 0.05) is 16.8 Å². The number of hydrogen-bond donors (Lipinski definition) is 0. The van der Waals surface area contributed by atoms with E-state index in [0.717, 1.165) is 0 Å². The summed E-state index contributed by atoms with van der Waals surface area (Å²) in [7, 11) is 0. The molecule has 1 aliphatic heterocycles. The summed E-state index contributed by atoms with van der Waals surface area (Å²) >= 11 is 2.07. The van der Waals surface area contributed by atoms with Crippen LogP contribution in [0.25, 0.3) is 0 Å². The Balaban J connectivity index is 2.60. The number of nitrogens with zero attached hydrogens (tertiary/aromatic N) is 1. The van der Waals surface area contributed by atoms with Gasteiger partial charge in [-0.25, -0.2) is 4.31 Å². The van der Waals surface area contributed by atoms with Crippen molar-refractivity contribution in [3.05, 3.63) is 0 Å². The minimum Gasteiger partial charge on any atom is -0.239 e. The van der Waals surface area contributed by atoms with E-state index in [2.05, 4.69) is 50.9 Å². The second-order valence-electron chi connectivity index (χ2n) is 5.96. The molecular formula is C13H27NS. The van der Waals surface area contributed by atoms with Crippen LogP contribution in [0.5, 0.6) is 0 Å². The molecule has 1 aliphatic rings. The molecular weight excluding hydrogens is 202 g/mol. The molecule has 0 radical (unpaired) electrons. The zero-order valence-electron chi connectivity index (χ0n) is 11.1. The molecule has 1 rings (SSSR count). The Kier molecular flexibility index (Phi) is 4.54. The number of unbranched alkanes of at least 4 members (excludes halogenated alkanes) is 1. The van der Waals surface area contributed by atoms with Gasteiger partial charge < -0.3 is 0 Å². The predicted octanol–water partition coefficient (Wildman–Crippen LogP) is 4.48. The lowest BCUT2D eigenvalue weighted by Crippen LogP contribution is -2.54. The van der Waals surface area contributed by atoms with Gasteiger partial charge in [-0.2, -0.15) is 0 Å². The van der Waals surface area contributed by atoms with Gasteiger partial charge in [0.2, 0.25) is 0 Å². The Bertz CT molecular complexity index is 183. The van der Waals surface area contributed by atoms with Gasteiger partial charge in [-0.05, 0) is 53.4 Å². The molecule has 15 heavy (non-hydrogen) atoms. The van der Waals surface area contributed by atoms with Crippen molar-refractivity contribution < 1.29 is 0 Å². The Morgan fingerprint density at radius 2 is 1.60 bits per heavy atom. The van der Waals surface area contributed by atoms with E-state index in [0.29, 0.717) is 11.1 Å². The zero-order chi connectivity index (χ0) is 11.5. The Labute approximate surface area is 100 Å². The fourth-order valence-electron chi connectivity index (χ4n) is 2.63. The van der Waals surface area contributed by atoms with Crippen LogP contribution < -0.4 is 0 Å². The first-order valence-corrected chi connectivity index (χ1v) is 7.28. The smallest absolute Gasteiger partial charge is 0.0263 e. The lowest BCUT2D eigenvalue weighted by molar-refractivity contribution is 0.0677. The number of rotatable bonds is 4. The lowest BCUT2D eigenvalue weighted by Gasteiger charge is -2.51. The average Bonchev–Trinajstić information content (AvgIpc) is 2.09. The maximum absolute atomic E-state index is 2.67. The van der Waals surface area contributed by atoms with Crippen molar-refractivity contribution in [2.45, 2.75) is 77.8 Å². The van der Waals surface area contributed by atoms with E-state index in [1.54, 1.807) is 0 Å². The molecule has 0 aromatic carbocycles. The molecule has 2 heteroatoms. The molecule has 1 saturated heterocycles. The van der Waals surface area contributed by atoms with Crippen LogP contribution in [0.1, 0.15) is 66.7 Å². The maximum atomic E-state index is 2.67. The molecule has 0 bridgehead atoms. The average molecular weight is 229 g/mol. The van der Waals surface area contributed by atoms with Crippen LogP contribution in [0.2, 0.25) is 0 Å². The van der Waals surface area contributed by atoms with Crippen molar-refractivity contribution in [3.8, 4) is 0 Å². The maximum Gasteiger partial charge on any atom is 0.0263 e. The molecule has 0 N–H and O–H groups in total. The Morgan fingerprint density at radius 3 is 2.07 bits per heavy atom. The standard InChI is InChI=1S/C13H27NS/c1-6-7-11-15-14-12(2,3)9-8-10-13(14,4)5/h6-11H2,1-5H3. The fraction of sp³-hybridized carbons (Fsp3) is 1.00. The summed E-state index contributed by atoms with van der Waals surface area (Å²) in [4.78, 5) is 0. The highest BCUT2D eigenvalue weighted by Gasteiger charge is 2.41. The van der Waals surface area contributed by atoms with Gasteiger partial charge in [0.05, 0.1) is 0 Å². The number of piperidine rings is 1. The first-order valence-electron chi connectivity index (χ1n) is 6.33. The molecule has 0 saturated carbocycles. The van der Waals surface area contributed by atoms with Crippen LogP contribution in [0, 0.1) is 0 Å². The molecule has 0 unspecified atom stereocenters. The summed E-state index contributed by atoms with van der Waals surface area (Å²) in [5, 5.41) is 0. The summed E-state index contributed by atoms with van der Waals surface area (Å²) in [6.07, 6.45) is 6.71. The monoisotopic (exact) mass is 229 g/mol. The van der Waals surface area contributed by atoms with Crippen molar-refractivity contribution in [1.29, 1.82) is 0 Å². The van der Waals surface area contributed by atoms with Gasteiger partial charge in [0.1, 0.15) is 0 Å². The van der Waals surface area contributed by atoms with Crippen LogP contribution in [0.4, 0.5) is 0 Å². The molecule has 0 aliphatic carbocycles. The minimum atomic E-state index is 0.375. The highest BCUT2D eigenvalue weighted by atomic mass is 32.2. The van der Waals surface area contributed by atoms with Crippen LogP contribution in [0.3, 0.4) is 0 Å². The van der Waals surface area contributed by atoms with Crippen molar-refractivity contribution >= 4 is 11.9 Å². The summed E-state index contributed by atoms with van der Waals surface area (Å²) in [5.41, 5.74) is 0.750. The van der Waals surface area contributed by atoms with E-state index in [-0.39, 0.29) is 0 Å². The molecule has 1 heterocycles. The summed E-state index contributed by atoms with van der Waals surface area (Å²) in [5.74, 6) is 1.28. The normalized spacial score (nSPS) is 25.4. The first-order chi connectivity index (χ1) is 6.90. The van der Waals surface area contributed by atoms with Crippen LogP contribution in [-0.4, -0.2) is 21.1 Å². The van der Waals surface area contributed by atoms with Crippen molar-refractivity contribution in [2.75, 3.05) is 5.75 Å². The van der Waals surface area contributed by atoms with Gasteiger partial charge in [0.15, 0.2) is 0 Å². The zero-order valence-corrected chi connectivity index (χ0v) is 11.9. The van der Waals surface area contributed by atoms with E-state index in [9.17, 15) is 0 Å². The second-order valence-corrected chi connectivity index (χ2v) is 6.99. The van der Waals surface area contributed by atoms with Crippen LogP contribution in [-0.2, 0) is 0 Å². The third kappa shape index (κ3) is 3.39.